The molecular weight excluding hydrogens is 284 g/mol. The third-order valence-electron chi connectivity index (χ3n) is 2.97. The van der Waals surface area contributed by atoms with E-state index in [0.29, 0.717) is 17.1 Å². The second-order valence-electron chi connectivity index (χ2n) is 4.35. The predicted octanol–water partition coefficient (Wildman–Crippen LogP) is 4.98. The molecule has 0 aliphatic rings. The summed E-state index contributed by atoms with van der Waals surface area (Å²) in [4.78, 5) is 0. The highest BCUT2D eigenvalue weighted by atomic mass is 35.5. The van der Waals surface area contributed by atoms with Gasteiger partial charge in [-0.1, -0.05) is 53.5 Å². The van der Waals surface area contributed by atoms with Crippen molar-refractivity contribution in [3.8, 4) is 0 Å². The zero-order chi connectivity index (χ0) is 13.8. The Bertz CT molecular complexity index is 558. The maximum absolute atomic E-state index is 13.5. The second kappa shape index (κ2) is 6.38. The summed E-state index contributed by atoms with van der Waals surface area (Å²) in [5.74, 6) is -0.450. The molecule has 1 N–H and O–H groups in total. The van der Waals surface area contributed by atoms with E-state index in [1.807, 2.05) is 37.3 Å². The average molecular weight is 298 g/mol. The number of nitrogens with one attached hydrogen (secondary N) is 1. The number of hydrogen-bond acceptors (Lipinski definition) is 1. The number of hydrogen-bond donors (Lipinski definition) is 1. The van der Waals surface area contributed by atoms with Crippen molar-refractivity contribution in [1.82, 2.24) is 5.32 Å². The summed E-state index contributed by atoms with van der Waals surface area (Å²) in [5.41, 5.74) is 1.75. The summed E-state index contributed by atoms with van der Waals surface area (Å²) >= 11 is 12.1. The fourth-order valence-electron chi connectivity index (χ4n) is 1.91. The first-order chi connectivity index (χ1) is 9.09. The Labute approximate surface area is 122 Å². The normalized spacial score (nSPS) is 12.4. The van der Waals surface area contributed by atoms with Crippen LogP contribution in [-0.4, -0.2) is 0 Å². The maximum atomic E-state index is 13.5. The molecule has 2 aromatic carbocycles. The van der Waals surface area contributed by atoms with E-state index < -0.39 is 5.82 Å². The lowest BCUT2D eigenvalue weighted by molar-refractivity contribution is 0.565. The first-order valence-electron chi connectivity index (χ1n) is 6.00. The van der Waals surface area contributed by atoms with Gasteiger partial charge in [-0.3, -0.25) is 0 Å². The minimum atomic E-state index is -0.450. The lowest BCUT2D eigenvalue weighted by atomic mass is 10.1. The summed E-state index contributed by atoms with van der Waals surface area (Å²) in [5, 5.41) is 3.84. The molecule has 0 heterocycles. The molecule has 1 nitrogen and oxygen atoms in total. The molecule has 0 saturated carbocycles. The fourth-order valence-corrected chi connectivity index (χ4v) is 2.61. The van der Waals surface area contributed by atoms with Crippen molar-refractivity contribution in [2.24, 2.45) is 0 Å². The minimum Gasteiger partial charge on any atom is -0.306 e. The molecule has 0 bridgehead atoms. The Balaban J connectivity index is 2.12. The van der Waals surface area contributed by atoms with E-state index >= 15 is 0 Å². The van der Waals surface area contributed by atoms with Crippen LogP contribution < -0.4 is 5.32 Å². The Morgan fingerprint density at radius 3 is 2.47 bits per heavy atom. The van der Waals surface area contributed by atoms with Crippen molar-refractivity contribution >= 4 is 23.2 Å². The molecule has 0 radical (unpaired) electrons. The molecule has 0 aliphatic carbocycles. The molecule has 2 rings (SSSR count). The average Bonchev–Trinajstić information content (AvgIpc) is 2.42. The maximum Gasteiger partial charge on any atom is 0.142 e. The zero-order valence-corrected chi connectivity index (χ0v) is 12.0. The highest BCUT2D eigenvalue weighted by molar-refractivity contribution is 6.36. The van der Waals surface area contributed by atoms with Gasteiger partial charge in [-0.15, -0.1) is 0 Å². The van der Waals surface area contributed by atoms with E-state index in [1.54, 1.807) is 0 Å². The zero-order valence-electron chi connectivity index (χ0n) is 10.5. The standard InChI is InChI=1S/C15H14Cl2FN/c1-10(19-9-11-5-3-2-4-6-11)14-12(16)7-8-13(18)15(14)17/h2-8,10,19H,9H2,1H3. The van der Waals surface area contributed by atoms with Gasteiger partial charge in [0.2, 0.25) is 0 Å². The van der Waals surface area contributed by atoms with E-state index in [4.69, 9.17) is 23.2 Å². The lowest BCUT2D eigenvalue weighted by Gasteiger charge is -2.17. The summed E-state index contributed by atoms with van der Waals surface area (Å²) in [6, 6.07) is 12.6. The molecule has 0 amide bonds. The van der Waals surface area contributed by atoms with Crippen molar-refractivity contribution in [1.29, 1.82) is 0 Å². The third-order valence-corrected chi connectivity index (χ3v) is 3.68. The van der Waals surface area contributed by atoms with Crippen LogP contribution >= 0.6 is 23.2 Å². The minimum absolute atomic E-state index is 0.0839. The van der Waals surface area contributed by atoms with Gasteiger partial charge in [0.05, 0.1) is 5.02 Å². The van der Waals surface area contributed by atoms with Crippen molar-refractivity contribution < 1.29 is 4.39 Å². The Morgan fingerprint density at radius 1 is 1.11 bits per heavy atom. The van der Waals surface area contributed by atoms with Crippen LogP contribution in [0.1, 0.15) is 24.1 Å². The van der Waals surface area contributed by atoms with E-state index in [9.17, 15) is 4.39 Å². The molecule has 2 aromatic rings. The van der Waals surface area contributed by atoms with Crippen LogP contribution in [0.15, 0.2) is 42.5 Å². The Kier molecular flexibility index (Phi) is 4.81. The van der Waals surface area contributed by atoms with Crippen LogP contribution in [-0.2, 0) is 6.54 Å². The van der Waals surface area contributed by atoms with E-state index in [0.717, 1.165) is 5.56 Å². The molecule has 0 saturated heterocycles. The molecule has 0 aliphatic heterocycles. The summed E-state index contributed by atoms with van der Waals surface area (Å²) in [6.07, 6.45) is 0. The SMILES string of the molecule is CC(NCc1ccccc1)c1c(Cl)ccc(F)c1Cl. The topological polar surface area (TPSA) is 12.0 Å². The number of halogens is 3. The van der Waals surface area contributed by atoms with Crippen LogP contribution in [0.25, 0.3) is 0 Å². The number of benzene rings is 2. The van der Waals surface area contributed by atoms with Gasteiger partial charge < -0.3 is 5.32 Å². The lowest BCUT2D eigenvalue weighted by Crippen LogP contribution is -2.19. The molecule has 1 atom stereocenters. The van der Waals surface area contributed by atoms with Crippen LogP contribution in [0.2, 0.25) is 10.0 Å². The summed E-state index contributed by atoms with van der Waals surface area (Å²) in [7, 11) is 0. The van der Waals surface area contributed by atoms with Crippen LogP contribution in [0, 0.1) is 5.82 Å². The van der Waals surface area contributed by atoms with Crippen molar-refractivity contribution in [2.45, 2.75) is 19.5 Å². The van der Waals surface area contributed by atoms with Gasteiger partial charge in [0.25, 0.3) is 0 Å². The molecule has 4 heteroatoms. The summed E-state index contributed by atoms with van der Waals surface area (Å²) < 4.78 is 13.5. The smallest absolute Gasteiger partial charge is 0.142 e. The Morgan fingerprint density at radius 2 is 1.79 bits per heavy atom. The molecule has 19 heavy (non-hydrogen) atoms. The van der Waals surface area contributed by atoms with Crippen molar-refractivity contribution in [3.05, 3.63) is 69.5 Å². The van der Waals surface area contributed by atoms with Gasteiger partial charge in [0, 0.05) is 23.2 Å². The second-order valence-corrected chi connectivity index (χ2v) is 5.13. The highest BCUT2D eigenvalue weighted by Gasteiger charge is 2.16. The predicted molar refractivity (Wildman–Crippen MR) is 78.1 cm³/mol. The monoisotopic (exact) mass is 297 g/mol. The van der Waals surface area contributed by atoms with Crippen LogP contribution in [0.3, 0.4) is 0 Å². The van der Waals surface area contributed by atoms with Gasteiger partial charge in [-0.05, 0) is 24.6 Å². The van der Waals surface area contributed by atoms with E-state index in [1.165, 1.54) is 12.1 Å². The summed E-state index contributed by atoms with van der Waals surface area (Å²) in [6.45, 7) is 2.58. The van der Waals surface area contributed by atoms with E-state index in [-0.39, 0.29) is 11.1 Å². The van der Waals surface area contributed by atoms with Crippen molar-refractivity contribution in [2.75, 3.05) is 0 Å². The molecular formula is C15H14Cl2FN. The number of rotatable bonds is 4. The molecule has 0 fully saturated rings. The first kappa shape index (κ1) is 14.3. The van der Waals surface area contributed by atoms with Gasteiger partial charge in [0.1, 0.15) is 5.82 Å². The fraction of sp³-hybridized carbons (Fsp3) is 0.200. The molecule has 100 valence electrons. The van der Waals surface area contributed by atoms with Gasteiger partial charge >= 0.3 is 0 Å². The van der Waals surface area contributed by atoms with Gasteiger partial charge in [-0.2, -0.15) is 0 Å². The van der Waals surface area contributed by atoms with Gasteiger partial charge in [0.15, 0.2) is 0 Å². The van der Waals surface area contributed by atoms with Crippen LogP contribution in [0.4, 0.5) is 4.39 Å². The third kappa shape index (κ3) is 3.47. The molecule has 0 aromatic heterocycles. The van der Waals surface area contributed by atoms with E-state index in [2.05, 4.69) is 5.32 Å². The quantitative estimate of drug-likeness (QED) is 0.785. The Hall–Kier alpha value is -1.09. The molecule has 1 unspecified atom stereocenters. The first-order valence-corrected chi connectivity index (χ1v) is 6.76. The van der Waals surface area contributed by atoms with Gasteiger partial charge in [-0.25, -0.2) is 4.39 Å². The molecule has 0 spiro atoms. The van der Waals surface area contributed by atoms with Crippen molar-refractivity contribution in [3.63, 3.8) is 0 Å². The van der Waals surface area contributed by atoms with Crippen LogP contribution in [0.5, 0.6) is 0 Å². The largest absolute Gasteiger partial charge is 0.306 e. The highest BCUT2D eigenvalue weighted by Crippen LogP contribution is 2.32.